The van der Waals surface area contributed by atoms with E-state index in [-0.39, 0.29) is 18.9 Å². The molecule has 1 amide bonds. The van der Waals surface area contributed by atoms with Crippen LogP contribution < -0.4 is 10.6 Å². The third kappa shape index (κ3) is 8.76. The zero-order valence-corrected chi connectivity index (χ0v) is 22.3. The second kappa shape index (κ2) is 14.0. The molecule has 0 radical (unpaired) electrons. The maximum Gasteiger partial charge on any atom is 0.326 e. The van der Waals surface area contributed by atoms with E-state index in [0.29, 0.717) is 24.3 Å². The largest absolute Gasteiger partial charge is 0.480 e. The topological polar surface area (TPSA) is 78.4 Å². The molecule has 3 aromatic carbocycles. The molecule has 3 aromatic rings. The predicted molar refractivity (Wildman–Crippen MR) is 156 cm³/mol. The Bertz CT molecular complexity index is 1180. The molecule has 0 fully saturated rings. The fraction of sp³-hybridized carbons (Fsp3) is 0.355. The lowest BCUT2D eigenvalue weighted by Crippen LogP contribution is -2.41. The standard InChI is InChI=1S/C30H36N2O3S.CH4/c1-21-10-8-9-13-24(21)26-18-23(20-31-30(2,3)19-22-11-6-5-7-12-22)14-15-25(26)28(33)32-27(29(34)35)16-17-36-4;/h5-15,18,27,31H,16-17,19-20H2,1-4H3,(H,32,33)(H,34,35);1H4/t27-;/m0./s1. The van der Waals surface area contributed by atoms with Gasteiger partial charge in [0.05, 0.1) is 0 Å². The van der Waals surface area contributed by atoms with Crippen LogP contribution in [-0.2, 0) is 17.8 Å². The van der Waals surface area contributed by atoms with Gasteiger partial charge in [-0.25, -0.2) is 4.79 Å². The minimum Gasteiger partial charge on any atom is -0.480 e. The van der Waals surface area contributed by atoms with Crippen molar-refractivity contribution in [2.45, 2.75) is 59.2 Å². The van der Waals surface area contributed by atoms with Gasteiger partial charge in [-0.15, -0.1) is 0 Å². The van der Waals surface area contributed by atoms with Crippen molar-refractivity contribution in [3.8, 4) is 11.1 Å². The molecule has 0 spiro atoms. The number of thioether (sulfide) groups is 1. The summed E-state index contributed by atoms with van der Waals surface area (Å²) in [4.78, 5) is 25.0. The number of carboxylic acids is 1. The van der Waals surface area contributed by atoms with Gasteiger partial charge in [0, 0.05) is 17.6 Å². The highest BCUT2D eigenvalue weighted by atomic mass is 32.2. The van der Waals surface area contributed by atoms with Gasteiger partial charge >= 0.3 is 5.97 Å². The number of nitrogens with one attached hydrogen (secondary N) is 2. The molecule has 198 valence electrons. The molecule has 0 aliphatic heterocycles. The second-order valence-electron chi connectivity index (χ2n) is 9.74. The summed E-state index contributed by atoms with van der Waals surface area (Å²) in [6.07, 6.45) is 3.19. The summed E-state index contributed by atoms with van der Waals surface area (Å²) in [7, 11) is 0. The maximum absolute atomic E-state index is 13.3. The van der Waals surface area contributed by atoms with Crippen LogP contribution in [0.1, 0.15) is 54.7 Å². The number of carbonyl (C=O) groups excluding carboxylic acids is 1. The Morgan fingerprint density at radius 3 is 2.27 bits per heavy atom. The number of carboxylic acid groups (broad SMARTS) is 1. The zero-order valence-electron chi connectivity index (χ0n) is 21.5. The third-order valence-electron chi connectivity index (χ3n) is 6.24. The number of benzene rings is 3. The molecular formula is C31H40N2O3S. The first-order chi connectivity index (χ1) is 17.2. The Morgan fingerprint density at radius 1 is 0.946 bits per heavy atom. The average Bonchev–Trinajstić information content (AvgIpc) is 2.85. The van der Waals surface area contributed by atoms with Gasteiger partial charge in [-0.2, -0.15) is 11.8 Å². The lowest BCUT2D eigenvalue weighted by atomic mass is 9.92. The predicted octanol–water partition coefficient (Wildman–Crippen LogP) is 6.35. The van der Waals surface area contributed by atoms with Gasteiger partial charge < -0.3 is 15.7 Å². The van der Waals surface area contributed by atoms with Crippen molar-refractivity contribution < 1.29 is 14.7 Å². The normalized spacial score (nSPS) is 11.9. The van der Waals surface area contributed by atoms with E-state index in [2.05, 4.69) is 48.7 Å². The van der Waals surface area contributed by atoms with Crippen LogP contribution >= 0.6 is 11.8 Å². The van der Waals surface area contributed by atoms with Crippen LogP contribution in [0.2, 0.25) is 0 Å². The van der Waals surface area contributed by atoms with Crippen molar-refractivity contribution in [1.29, 1.82) is 0 Å². The molecule has 0 bridgehead atoms. The van der Waals surface area contributed by atoms with Gasteiger partial charge in [0.25, 0.3) is 5.91 Å². The van der Waals surface area contributed by atoms with Crippen molar-refractivity contribution in [3.63, 3.8) is 0 Å². The van der Waals surface area contributed by atoms with Gasteiger partial charge in [0.2, 0.25) is 0 Å². The van der Waals surface area contributed by atoms with Gasteiger partial charge in [0.1, 0.15) is 6.04 Å². The summed E-state index contributed by atoms with van der Waals surface area (Å²) in [6, 6.07) is 23.2. The van der Waals surface area contributed by atoms with E-state index in [1.807, 2.05) is 61.7 Å². The zero-order chi connectivity index (χ0) is 26.1. The number of aryl methyl sites for hydroxylation is 1. The van der Waals surface area contributed by atoms with Gasteiger partial charge in [-0.05, 0) is 85.6 Å². The number of hydrogen-bond acceptors (Lipinski definition) is 4. The van der Waals surface area contributed by atoms with Gasteiger partial charge in [-0.3, -0.25) is 4.79 Å². The Morgan fingerprint density at radius 2 is 1.62 bits per heavy atom. The molecule has 0 unspecified atom stereocenters. The molecule has 5 nitrogen and oxygen atoms in total. The molecule has 37 heavy (non-hydrogen) atoms. The second-order valence-corrected chi connectivity index (χ2v) is 10.7. The molecule has 0 aliphatic carbocycles. The molecule has 0 aromatic heterocycles. The summed E-state index contributed by atoms with van der Waals surface area (Å²) in [5, 5.41) is 16.0. The van der Waals surface area contributed by atoms with E-state index < -0.39 is 12.0 Å². The van der Waals surface area contributed by atoms with Crippen LogP contribution in [0.3, 0.4) is 0 Å². The van der Waals surface area contributed by atoms with Crippen molar-refractivity contribution in [1.82, 2.24) is 10.6 Å². The van der Waals surface area contributed by atoms with Crippen LogP contribution in [0.5, 0.6) is 0 Å². The smallest absolute Gasteiger partial charge is 0.326 e. The fourth-order valence-electron chi connectivity index (χ4n) is 4.24. The summed E-state index contributed by atoms with van der Waals surface area (Å²) < 4.78 is 0. The number of rotatable bonds is 12. The Hall–Kier alpha value is -3.09. The lowest BCUT2D eigenvalue weighted by molar-refractivity contribution is -0.139. The molecular weight excluding hydrogens is 480 g/mol. The van der Waals surface area contributed by atoms with Crippen molar-refractivity contribution in [2.24, 2.45) is 0 Å². The lowest BCUT2D eigenvalue weighted by Gasteiger charge is -2.27. The molecule has 0 saturated heterocycles. The molecule has 3 N–H and O–H groups in total. The average molecular weight is 521 g/mol. The maximum atomic E-state index is 13.3. The van der Waals surface area contributed by atoms with E-state index in [1.165, 1.54) is 5.56 Å². The Labute approximate surface area is 226 Å². The Balaban J connectivity index is 0.00000481. The van der Waals surface area contributed by atoms with Gasteiger partial charge in [-0.1, -0.05) is 68.1 Å². The minimum absolute atomic E-state index is 0. The summed E-state index contributed by atoms with van der Waals surface area (Å²) >= 11 is 1.56. The number of hydrogen-bond donors (Lipinski definition) is 3. The number of carbonyl (C=O) groups is 2. The molecule has 6 heteroatoms. The molecule has 0 heterocycles. The first-order valence-electron chi connectivity index (χ1n) is 12.2. The highest BCUT2D eigenvalue weighted by molar-refractivity contribution is 7.98. The highest BCUT2D eigenvalue weighted by Gasteiger charge is 2.23. The van der Waals surface area contributed by atoms with E-state index in [0.717, 1.165) is 28.7 Å². The van der Waals surface area contributed by atoms with E-state index >= 15 is 0 Å². The van der Waals surface area contributed by atoms with E-state index in [1.54, 1.807) is 11.8 Å². The van der Waals surface area contributed by atoms with Crippen LogP contribution in [0.15, 0.2) is 72.8 Å². The fourth-order valence-corrected chi connectivity index (χ4v) is 4.71. The van der Waals surface area contributed by atoms with E-state index in [4.69, 9.17) is 0 Å². The van der Waals surface area contributed by atoms with E-state index in [9.17, 15) is 14.7 Å². The number of aliphatic carboxylic acids is 1. The molecule has 0 saturated carbocycles. The molecule has 1 atom stereocenters. The highest BCUT2D eigenvalue weighted by Crippen LogP contribution is 2.29. The number of amides is 1. The van der Waals surface area contributed by atoms with Crippen molar-refractivity contribution in [3.05, 3.63) is 95.1 Å². The molecule has 3 rings (SSSR count). The van der Waals surface area contributed by atoms with Crippen LogP contribution in [0.4, 0.5) is 0 Å². The first kappa shape index (κ1) is 30.1. The van der Waals surface area contributed by atoms with Crippen LogP contribution in [0, 0.1) is 6.92 Å². The van der Waals surface area contributed by atoms with Crippen molar-refractivity contribution >= 4 is 23.6 Å². The SMILES string of the molecule is C.CSCC[C@H](NC(=O)c1ccc(CNC(C)(C)Cc2ccccc2)cc1-c1ccccc1C)C(=O)O. The Kier molecular flexibility index (Phi) is 11.4. The summed E-state index contributed by atoms with van der Waals surface area (Å²) in [5.74, 6) is -0.729. The van der Waals surface area contributed by atoms with Crippen LogP contribution in [0.25, 0.3) is 11.1 Å². The summed E-state index contributed by atoms with van der Waals surface area (Å²) in [6.45, 7) is 7.03. The monoisotopic (exact) mass is 520 g/mol. The van der Waals surface area contributed by atoms with Gasteiger partial charge in [0.15, 0.2) is 0 Å². The summed E-state index contributed by atoms with van der Waals surface area (Å²) in [5.41, 5.74) is 5.51. The first-order valence-corrected chi connectivity index (χ1v) is 13.6. The van der Waals surface area contributed by atoms with Crippen molar-refractivity contribution in [2.75, 3.05) is 12.0 Å². The quantitative estimate of drug-likeness (QED) is 0.260. The molecule has 0 aliphatic rings. The van der Waals surface area contributed by atoms with Crippen LogP contribution in [-0.4, -0.2) is 40.6 Å². The minimum atomic E-state index is -1.02. The third-order valence-corrected chi connectivity index (χ3v) is 6.88.